The highest BCUT2D eigenvalue weighted by atomic mass is 35.5. The quantitative estimate of drug-likeness (QED) is 0.664. The summed E-state index contributed by atoms with van der Waals surface area (Å²) in [4.78, 5) is 29.0. The first-order chi connectivity index (χ1) is 13.6. The molecule has 1 aromatic carbocycles. The van der Waals surface area contributed by atoms with Crippen LogP contribution in [-0.2, 0) is 25.6 Å². The van der Waals surface area contributed by atoms with Crippen LogP contribution >= 0.6 is 11.6 Å². The molecule has 3 rings (SSSR count). The zero-order chi connectivity index (χ0) is 21.3. The van der Waals surface area contributed by atoms with E-state index in [1.807, 2.05) is 6.07 Å². The zero-order valence-electron chi connectivity index (χ0n) is 16.0. The molecule has 0 unspecified atom stereocenters. The van der Waals surface area contributed by atoms with E-state index in [1.54, 1.807) is 31.2 Å². The van der Waals surface area contributed by atoms with E-state index in [2.05, 4.69) is 10.1 Å². The van der Waals surface area contributed by atoms with Gasteiger partial charge in [-0.3, -0.25) is 9.36 Å². The summed E-state index contributed by atoms with van der Waals surface area (Å²) in [5.41, 5.74) is -1.83. The summed E-state index contributed by atoms with van der Waals surface area (Å²) in [7, 11) is 1.47. The van der Waals surface area contributed by atoms with Crippen molar-refractivity contribution in [2.75, 3.05) is 0 Å². The summed E-state index contributed by atoms with van der Waals surface area (Å²) in [5, 5.41) is 24.3. The van der Waals surface area contributed by atoms with Crippen LogP contribution in [0.15, 0.2) is 38.4 Å². The maximum Gasteiger partial charge on any atom is 0.331 e. The second kappa shape index (κ2) is 7.66. The highest BCUT2D eigenvalue weighted by Gasteiger charge is 2.26. The third kappa shape index (κ3) is 3.99. The fourth-order valence-electron chi connectivity index (χ4n) is 2.92. The Morgan fingerprint density at radius 2 is 1.97 bits per heavy atom. The second-order valence-electron chi connectivity index (χ2n) is 6.87. The molecule has 0 radical (unpaired) electrons. The number of benzene rings is 1. The van der Waals surface area contributed by atoms with E-state index in [1.165, 1.54) is 18.5 Å². The molecule has 0 fully saturated rings. The van der Waals surface area contributed by atoms with Crippen LogP contribution in [0.25, 0.3) is 0 Å². The Morgan fingerprint density at radius 3 is 2.59 bits per heavy atom. The van der Waals surface area contributed by atoms with Gasteiger partial charge in [0.2, 0.25) is 5.89 Å². The number of nitrogens with zero attached hydrogens (tertiary/aromatic N) is 5. The van der Waals surface area contributed by atoms with Crippen LogP contribution in [0.3, 0.4) is 0 Å². The maximum absolute atomic E-state index is 12.4. The first-order valence-corrected chi connectivity index (χ1v) is 9.02. The molecule has 2 heterocycles. The predicted molar refractivity (Wildman–Crippen MR) is 104 cm³/mol. The van der Waals surface area contributed by atoms with Crippen LogP contribution in [-0.4, -0.2) is 24.4 Å². The van der Waals surface area contributed by atoms with Crippen molar-refractivity contribution in [1.82, 2.24) is 19.3 Å². The van der Waals surface area contributed by atoms with Crippen LogP contribution < -0.4 is 11.2 Å². The lowest BCUT2D eigenvalue weighted by Crippen LogP contribution is -2.41. The molecule has 0 spiro atoms. The van der Waals surface area contributed by atoms with Gasteiger partial charge in [-0.25, -0.2) is 9.36 Å². The smallest absolute Gasteiger partial charge is 0.331 e. The van der Waals surface area contributed by atoms with Gasteiger partial charge >= 0.3 is 5.69 Å². The predicted octanol–water partition coefficient (Wildman–Crippen LogP) is 1.26. The summed E-state index contributed by atoms with van der Waals surface area (Å²) in [5.74, 6) is 0.219. The molecule has 0 bridgehead atoms. The maximum atomic E-state index is 12.4. The Morgan fingerprint density at radius 1 is 1.31 bits per heavy atom. The molecular formula is C19H18ClN5O4. The molecule has 1 N–H and O–H groups in total. The average Bonchev–Trinajstić information content (AvgIpc) is 3.10. The molecule has 0 saturated carbocycles. The SMILES string of the molecule is Cc1c(C#N)c(=O)n(Cc2nc(C[C@@](C)(O)c3ccc(Cl)cc3)no2)c(=O)n1C. The molecule has 0 aliphatic rings. The van der Waals surface area contributed by atoms with Gasteiger partial charge in [0.25, 0.3) is 5.56 Å². The molecule has 0 aliphatic heterocycles. The first-order valence-electron chi connectivity index (χ1n) is 8.64. The van der Waals surface area contributed by atoms with E-state index >= 15 is 0 Å². The van der Waals surface area contributed by atoms with Crippen LogP contribution in [0.1, 0.15) is 35.5 Å². The number of rotatable bonds is 5. The molecule has 0 amide bonds. The van der Waals surface area contributed by atoms with E-state index in [0.29, 0.717) is 10.6 Å². The van der Waals surface area contributed by atoms with Crippen LogP contribution in [0.2, 0.25) is 5.02 Å². The highest BCUT2D eigenvalue weighted by molar-refractivity contribution is 6.30. The molecule has 3 aromatic rings. The number of halogens is 1. The standard InChI is InChI=1S/C19H18ClN5O4/c1-11-14(9-21)17(26)25(18(27)24(11)3)10-16-22-15(23-29-16)8-19(2,28)12-4-6-13(20)7-5-12/h4-7,28H,8,10H2,1-3H3/t19-/m1/s1. The minimum atomic E-state index is -1.28. The van der Waals surface area contributed by atoms with Gasteiger partial charge in [0.1, 0.15) is 18.2 Å². The number of hydrogen-bond donors (Lipinski definition) is 1. The Labute approximate surface area is 170 Å². The highest BCUT2D eigenvalue weighted by Crippen LogP contribution is 2.25. The monoisotopic (exact) mass is 415 g/mol. The zero-order valence-corrected chi connectivity index (χ0v) is 16.8. The molecule has 2 aromatic heterocycles. The van der Waals surface area contributed by atoms with Gasteiger partial charge < -0.3 is 9.63 Å². The molecule has 0 aliphatic carbocycles. The first kappa shape index (κ1) is 20.5. The van der Waals surface area contributed by atoms with E-state index in [-0.39, 0.29) is 35.9 Å². The normalized spacial score (nSPS) is 13.1. The summed E-state index contributed by atoms with van der Waals surface area (Å²) in [6.07, 6.45) is 0.0440. The number of nitriles is 1. The van der Waals surface area contributed by atoms with Crippen molar-refractivity contribution in [2.45, 2.75) is 32.4 Å². The van der Waals surface area contributed by atoms with Crippen molar-refractivity contribution < 1.29 is 9.63 Å². The summed E-state index contributed by atoms with van der Waals surface area (Å²) >= 11 is 5.87. The topological polar surface area (TPSA) is 127 Å². The molecular weight excluding hydrogens is 398 g/mol. The summed E-state index contributed by atoms with van der Waals surface area (Å²) in [6.45, 7) is 2.84. The number of aliphatic hydroxyl groups is 1. The van der Waals surface area contributed by atoms with Crippen molar-refractivity contribution >= 4 is 11.6 Å². The van der Waals surface area contributed by atoms with Gasteiger partial charge in [0.05, 0.1) is 5.60 Å². The second-order valence-corrected chi connectivity index (χ2v) is 7.30. The van der Waals surface area contributed by atoms with Crippen molar-refractivity contribution in [3.05, 3.63) is 78.7 Å². The van der Waals surface area contributed by atoms with E-state index in [4.69, 9.17) is 16.1 Å². The summed E-state index contributed by atoms with van der Waals surface area (Å²) < 4.78 is 7.21. The van der Waals surface area contributed by atoms with E-state index in [9.17, 15) is 20.0 Å². The lowest BCUT2D eigenvalue weighted by molar-refractivity contribution is 0.0548. The van der Waals surface area contributed by atoms with Crippen LogP contribution in [0.5, 0.6) is 0 Å². The fourth-order valence-corrected chi connectivity index (χ4v) is 3.04. The van der Waals surface area contributed by atoms with E-state index in [0.717, 1.165) is 4.57 Å². The number of hydrogen-bond acceptors (Lipinski definition) is 7. The lowest BCUT2D eigenvalue weighted by Gasteiger charge is -2.22. The molecule has 0 saturated heterocycles. The third-order valence-electron chi connectivity index (χ3n) is 4.73. The Balaban J connectivity index is 1.88. The fraction of sp³-hybridized carbons (Fsp3) is 0.316. The lowest BCUT2D eigenvalue weighted by atomic mass is 9.92. The average molecular weight is 416 g/mol. The molecule has 1 atom stereocenters. The van der Waals surface area contributed by atoms with Crippen LogP contribution in [0.4, 0.5) is 0 Å². The Bertz CT molecular complexity index is 1220. The third-order valence-corrected chi connectivity index (χ3v) is 4.98. The van der Waals surface area contributed by atoms with Gasteiger partial charge in [-0.05, 0) is 31.5 Å². The van der Waals surface area contributed by atoms with Crippen molar-refractivity contribution in [3.8, 4) is 6.07 Å². The van der Waals surface area contributed by atoms with Gasteiger partial charge in [-0.15, -0.1) is 0 Å². The molecule has 10 heteroatoms. The Kier molecular flexibility index (Phi) is 5.42. The van der Waals surface area contributed by atoms with Crippen molar-refractivity contribution in [2.24, 2.45) is 7.05 Å². The molecule has 29 heavy (non-hydrogen) atoms. The number of aromatic nitrogens is 4. The van der Waals surface area contributed by atoms with Gasteiger partial charge in [-0.1, -0.05) is 28.9 Å². The Hall–Kier alpha value is -3.22. The molecule has 150 valence electrons. The minimum absolute atomic E-state index is 0.0128. The van der Waals surface area contributed by atoms with Crippen molar-refractivity contribution in [1.29, 1.82) is 5.26 Å². The minimum Gasteiger partial charge on any atom is -0.385 e. The van der Waals surface area contributed by atoms with Crippen molar-refractivity contribution in [3.63, 3.8) is 0 Å². The molecule has 9 nitrogen and oxygen atoms in total. The van der Waals surface area contributed by atoms with Gasteiger partial charge in [-0.2, -0.15) is 10.2 Å². The van der Waals surface area contributed by atoms with E-state index < -0.39 is 16.9 Å². The van der Waals surface area contributed by atoms with Crippen LogP contribution in [0, 0.1) is 18.3 Å². The summed E-state index contributed by atoms with van der Waals surface area (Å²) in [6, 6.07) is 8.54. The van der Waals surface area contributed by atoms with Gasteiger partial charge in [0, 0.05) is 24.2 Å². The van der Waals surface area contributed by atoms with Gasteiger partial charge in [0.15, 0.2) is 5.82 Å². The largest absolute Gasteiger partial charge is 0.385 e.